The van der Waals surface area contributed by atoms with Crippen LogP contribution in [0, 0.1) is 5.92 Å². The first-order valence-electron chi connectivity index (χ1n) is 6.09. The van der Waals surface area contributed by atoms with Gasteiger partial charge >= 0.3 is 0 Å². The zero-order valence-electron chi connectivity index (χ0n) is 9.92. The third-order valence-corrected chi connectivity index (χ3v) is 3.75. The molecule has 2 fully saturated rings. The molecule has 96 valence electrons. The fourth-order valence-corrected chi connectivity index (χ4v) is 2.67. The summed E-state index contributed by atoms with van der Waals surface area (Å²) < 4.78 is 26.0. The van der Waals surface area contributed by atoms with Crippen LogP contribution >= 0.6 is 0 Å². The molecule has 0 aromatic rings. The van der Waals surface area contributed by atoms with Crippen molar-refractivity contribution < 1.29 is 18.4 Å². The summed E-state index contributed by atoms with van der Waals surface area (Å²) in [6, 6.07) is -0.0718. The second-order valence-corrected chi connectivity index (χ2v) is 5.19. The van der Waals surface area contributed by atoms with Gasteiger partial charge in [-0.25, -0.2) is 8.78 Å². The van der Waals surface area contributed by atoms with E-state index in [-0.39, 0.29) is 55.9 Å². The molecular formula is C12H17F2NO2. The lowest BCUT2D eigenvalue weighted by Gasteiger charge is -2.31. The van der Waals surface area contributed by atoms with Gasteiger partial charge in [-0.2, -0.15) is 0 Å². The van der Waals surface area contributed by atoms with Crippen LogP contribution in [0.2, 0.25) is 0 Å². The number of alkyl halides is 2. The van der Waals surface area contributed by atoms with Gasteiger partial charge in [-0.1, -0.05) is 0 Å². The van der Waals surface area contributed by atoms with Gasteiger partial charge in [0.25, 0.3) is 0 Å². The molecule has 0 radical (unpaired) electrons. The minimum atomic E-state index is -2.61. The predicted octanol–water partition coefficient (Wildman–Crippen LogP) is 2.00. The molecule has 0 bridgehead atoms. The quantitative estimate of drug-likeness (QED) is 0.708. The molecule has 1 atom stereocenters. The predicted molar refractivity (Wildman–Crippen MR) is 57.7 cm³/mol. The summed E-state index contributed by atoms with van der Waals surface area (Å²) >= 11 is 0. The molecule has 0 spiro atoms. The van der Waals surface area contributed by atoms with E-state index < -0.39 is 5.92 Å². The van der Waals surface area contributed by atoms with Gasteiger partial charge in [0.2, 0.25) is 11.8 Å². The monoisotopic (exact) mass is 245 g/mol. The molecule has 2 rings (SSSR count). The minimum absolute atomic E-state index is 0.0620. The van der Waals surface area contributed by atoms with Gasteiger partial charge in [-0.15, -0.1) is 0 Å². The second-order valence-electron chi connectivity index (χ2n) is 5.19. The molecule has 0 N–H and O–H groups in total. The van der Waals surface area contributed by atoms with Crippen molar-refractivity contribution in [2.45, 2.75) is 51.0 Å². The first kappa shape index (κ1) is 12.5. The van der Waals surface area contributed by atoms with Gasteiger partial charge in [-0.3, -0.25) is 9.59 Å². The first-order valence-corrected chi connectivity index (χ1v) is 6.09. The Balaban J connectivity index is 1.95. The zero-order chi connectivity index (χ0) is 12.6. The standard InChI is InChI=1S/C12H17F2NO2/c1-8-6-10(16)7-15(8)11(17)9-2-4-12(13,14)5-3-9/h8-9H,2-7H2,1H3. The second kappa shape index (κ2) is 4.35. The van der Waals surface area contributed by atoms with E-state index >= 15 is 0 Å². The van der Waals surface area contributed by atoms with E-state index in [4.69, 9.17) is 0 Å². The molecule has 5 heteroatoms. The van der Waals surface area contributed by atoms with Gasteiger partial charge < -0.3 is 4.90 Å². The molecule has 1 amide bonds. The molecule has 1 heterocycles. The average Bonchev–Trinajstić information content (AvgIpc) is 2.57. The van der Waals surface area contributed by atoms with E-state index in [1.165, 1.54) is 0 Å². The number of hydrogen-bond donors (Lipinski definition) is 0. The normalized spacial score (nSPS) is 29.7. The van der Waals surface area contributed by atoms with Crippen molar-refractivity contribution in [1.82, 2.24) is 4.90 Å². The molecule has 2 aliphatic rings. The molecule has 1 aliphatic carbocycles. The van der Waals surface area contributed by atoms with Crippen molar-refractivity contribution in [3.8, 4) is 0 Å². The molecule has 1 saturated carbocycles. The Bertz CT molecular complexity index is 333. The lowest BCUT2D eigenvalue weighted by atomic mass is 9.86. The molecule has 3 nitrogen and oxygen atoms in total. The summed E-state index contributed by atoms with van der Waals surface area (Å²) in [7, 11) is 0. The highest BCUT2D eigenvalue weighted by Crippen LogP contribution is 2.37. The maximum atomic E-state index is 13.0. The maximum Gasteiger partial charge on any atom is 0.248 e. The first-order chi connectivity index (χ1) is 7.89. The van der Waals surface area contributed by atoms with Crippen molar-refractivity contribution in [3.05, 3.63) is 0 Å². The molecule has 17 heavy (non-hydrogen) atoms. The van der Waals surface area contributed by atoms with E-state index in [9.17, 15) is 18.4 Å². The molecule has 1 saturated heterocycles. The molecule has 0 aromatic heterocycles. The minimum Gasteiger partial charge on any atom is -0.332 e. The lowest BCUT2D eigenvalue weighted by molar-refractivity contribution is -0.141. The summed E-state index contributed by atoms with van der Waals surface area (Å²) in [5.41, 5.74) is 0. The van der Waals surface area contributed by atoms with Gasteiger partial charge in [0.05, 0.1) is 6.54 Å². The Kier molecular flexibility index (Phi) is 3.19. The molecular weight excluding hydrogens is 228 g/mol. The number of hydrogen-bond acceptors (Lipinski definition) is 2. The van der Waals surface area contributed by atoms with Crippen LogP contribution in [0.5, 0.6) is 0 Å². The summed E-state index contributed by atoms with van der Waals surface area (Å²) in [6.45, 7) is 1.99. The number of rotatable bonds is 1. The van der Waals surface area contributed by atoms with E-state index in [2.05, 4.69) is 0 Å². The fraction of sp³-hybridized carbons (Fsp3) is 0.833. The Labute approximate surface area is 99.2 Å². The average molecular weight is 245 g/mol. The number of Topliss-reactive ketones (excluding diaryl/α,β-unsaturated/α-hetero) is 1. The Morgan fingerprint density at radius 1 is 1.35 bits per heavy atom. The van der Waals surface area contributed by atoms with Crippen molar-refractivity contribution in [1.29, 1.82) is 0 Å². The van der Waals surface area contributed by atoms with E-state index in [0.717, 1.165) is 0 Å². The van der Waals surface area contributed by atoms with Gasteiger partial charge in [0.15, 0.2) is 5.78 Å². The van der Waals surface area contributed by atoms with Gasteiger partial charge in [-0.05, 0) is 19.8 Å². The number of amides is 1. The van der Waals surface area contributed by atoms with Crippen LogP contribution in [0.4, 0.5) is 8.78 Å². The highest BCUT2D eigenvalue weighted by molar-refractivity contribution is 5.91. The summed E-state index contributed by atoms with van der Waals surface area (Å²) in [6.07, 6.45) is 0.459. The number of carbonyl (C=O) groups is 2. The highest BCUT2D eigenvalue weighted by atomic mass is 19.3. The van der Waals surface area contributed by atoms with E-state index in [1.807, 2.05) is 6.92 Å². The van der Waals surface area contributed by atoms with Crippen molar-refractivity contribution in [2.24, 2.45) is 5.92 Å². The largest absolute Gasteiger partial charge is 0.332 e. The SMILES string of the molecule is CC1CC(=O)CN1C(=O)C1CCC(F)(F)CC1. The van der Waals surface area contributed by atoms with Crippen LogP contribution in [0.1, 0.15) is 39.0 Å². The molecule has 1 aliphatic heterocycles. The van der Waals surface area contributed by atoms with Gasteiger partial charge in [0.1, 0.15) is 0 Å². The summed E-state index contributed by atoms with van der Waals surface area (Å²) in [5, 5.41) is 0. The number of carbonyl (C=O) groups excluding carboxylic acids is 2. The number of likely N-dealkylation sites (tertiary alicyclic amines) is 1. The van der Waals surface area contributed by atoms with E-state index in [0.29, 0.717) is 6.42 Å². The van der Waals surface area contributed by atoms with Crippen molar-refractivity contribution in [3.63, 3.8) is 0 Å². The Hall–Kier alpha value is -1.00. The topological polar surface area (TPSA) is 37.4 Å². The van der Waals surface area contributed by atoms with Crippen LogP contribution in [-0.4, -0.2) is 35.1 Å². The lowest BCUT2D eigenvalue weighted by Crippen LogP contribution is -2.41. The third-order valence-electron chi connectivity index (χ3n) is 3.75. The van der Waals surface area contributed by atoms with Crippen molar-refractivity contribution in [2.75, 3.05) is 6.54 Å². The van der Waals surface area contributed by atoms with Crippen LogP contribution < -0.4 is 0 Å². The van der Waals surface area contributed by atoms with Crippen LogP contribution in [0.25, 0.3) is 0 Å². The maximum absolute atomic E-state index is 13.0. The smallest absolute Gasteiger partial charge is 0.248 e. The highest BCUT2D eigenvalue weighted by Gasteiger charge is 2.41. The zero-order valence-corrected chi connectivity index (χ0v) is 9.92. The number of nitrogens with zero attached hydrogens (tertiary/aromatic N) is 1. The Morgan fingerprint density at radius 3 is 2.41 bits per heavy atom. The molecule has 0 aromatic carbocycles. The molecule has 1 unspecified atom stereocenters. The van der Waals surface area contributed by atoms with Crippen molar-refractivity contribution >= 4 is 11.7 Å². The van der Waals surface area contributed by atoms with Crippen LogP contribution in [-0.2, 0) is 9.59 Å². The van der Waals surface area contributed by atoms with Gasteiger partial charge in [0, 0.05) is 31.2 Å². The van der Waals surface area contributed by atoms with Crippen LogP contribution in [0.15, 0.2) is 0 Å². The Morgan fingerprint density at radius 2 is 1.94 bits per heavy atom. The summed E-state index contributed by atoms with van der Waals surface area (Å²) in [5.74, 6) is -2.97. The third kappa shape index (κ3) is 2.64. The number of ketones is 1. The van der Waals surface area contributed by atoms with Crippen LogP contribution in [0.3, 0.4) is 0 Å². The summed E-state index contributed by atoms with van der Waals surface area (Å²) in [4.78, 5) is 24.9. The fourth-order valence-electron chi connectivity index (χ4n) is 2.67. The number of halogens is 2. The van der Waals surface area contributed by atoms with E-state index in [1.54, 1.807) is 4.90 Å².